The Kier molecular flexibility index (Phi) is 7.10. The van der Waals surface area contributed by atoms with Gasteiger partial charge in [0.25, 0.3) is 0 Å². The molecule has 1 fully saturated rings. The fourth-order valence-corrected chi connectivity index (χ4v) is 4.17. The van der Waals surface area contributed by atoms with E-state index >= 15 is 0 Å². The summed E-state index contributed by atoms with van der Waals surface area (Å²) in [6.45, 7) is 2.81. The van der Waals surface area contributed by atoms with E-state index in [1.807, 2.05) is 30.7 Å². The van der Waals surface area contributed by atoms with Crippen LogP contribution < -0.4 is 0 Å². The van der Waals surface area contributed by atoms with Gasteiger partial charge in [-0.05, 0) is 61.4 Å². The van der Waals surface area contributed by atoms with Crippen molar-refractivity contribution < 1.29 is 8.78 Å². The van der Waals surface area contributed by atoms with Crippen LogP contribution in [0.25, 0.3) is 17.3 Å². The Balaban J connectivity index is 1.41. The molecule has 2 aromatic carbocycles. The Morgan fingerprint density at radius 3 is 2.48 bits per heavy atom. The molecular formula is C25H25F2N3S. The minimum Gasteiger partial charge on any atom is -0.302 e. The Labute approximate surface area is 186 Å². The normalized spacial score (nSPS) is 14.6. The maximum Gasteiger partial charge on any atom is 0.187 e. The number of aromatic nitrogens is 2. The molecule has 0 N–H and O–H groups in total. The van der Waals surface area contributed by atoms with E-state index in [4.69, 9.17) is 0 Å². The molecule has 0 saturated carbocycles. The third-order valence-corrected chi connectivity index (χ3v) is 6.17. The Morgan fingerprint density at radius 1 is 1.03 bits per heavy atom. The lowest BCUT2D eigenvalue weighted by molar-refractivity contribution is 0.260. The number of hydrogen-bond donors (Lipinski definition) is 0. The molecule has 0 radical (unpaired) electrons. The first-order valence-corrected chi connectivity index (χ1v) is 11.7. The SMILES string of the molecule is CSc1ncc(CCN2CCC(=Cc3ccccc3F)CC2)c(-c2ccc(F)cc2)n1. The molecule has 3 aromatic rings. The maximum absolute atomic E-state index is 13.9. The summed E-state index contributed by atoms with van der Waals surface area (Å²) < 4.78 is 27.3. The molecule has 1 aliphatic rings. The lowest BCUT2D eigenvalue weighted by Crippen LogP contribution is -2.32. The third kappa shape index (κ3) is 5.57. The molecule has 0 bridgehead atoms. The van der Waals surface area contributed by atoms with Crippen LogP contribution in [0, 0.1) is 11.6 Å². The van der Waals surface area contributed by atoms with Gasteiger partial charge >= 0.3 is 0 Å². The van der Waals surface area contributed by atoms with Gasteiger partial charge in [0.05, 0.1) is 5.69 Å². The highest BCUT2D eigenvalue weighted by atomic mass is 32.2. The van der Waals surface area contributed by atoms with Gasteiger partial charge in [0.2, 0.25) is 0 Å². The van der Waals surface area contributed by atoms with E-state index in [0.29, 0.717) is 10.7 Å². The summed E-state index contributed by atoms with van der Waals surface area (Å²) >= 11 is 1.50. The summed E-state index contributed by atoms with van der Waals surface area (Å²) in [6, 6.07) is 13.4. The Bertz CT molecular complexity index is 1060. The van der Waals surface area contributed by atoms with Crippen LogP contribution in [0.3, 0.4) is 0 Å². The average molecular weight is 438 g/mol. The average Bonchev–Trinajstić information content (AvgIpc) is 2.80. The molecule has 6 heteroatoms. The summed E-state index contributed by atoms with van der Waals surface area (Å²) in [5, 5.41) is 0.712. The van der Waals surface area contributed by atoms with Crippen molar-refractivity contribution in [3.8, 4) is 11.3 Å². The third-order valence-electron chi connectivity index (χ3n) is 5.60. The molecule has 1 saturated heterocycles. The van der Waals surface area contributed by atoms with Crippen LogP contribution in [-0.4, -0.2) is 40.8 Å². The molecule has 31 heavy (non-hydrogen) atoms. The van der Waals surface area contributed by atoms with Crippen LogP contribution in [-0.2, 0) is 6.42 Å². The highest BCUT2D eigenvalue weighted by Crippen LogP contribution is 2.25. The molecule has 2 heterocycles. The van der Waals surface area contributed by atoms with Gasteiger partial charge in [0, 0.05) is 37.0 Å². The first-order valence-electron chi connectivity index (χ1n) is 10.4. The van der Waals surface area contributed by atoms with E-state index in [-0.39, 0.29) is 11.6 Å². The first kappa shape index (κ1) is 21.7. The number of nitrogens with zero attached hydrogens (tertiary/aromatic N) is 3. The molecule has 0 aliphatic carbocycles. The van der Waals surface area contributed by atoms with Gasteiger partial charge in [0.15, 0.2) is 5.16 Å². The number of halogens is 2. The molecule has 160 valence electrons. The van der Waals surface area contributed by atoms with E-state index in [1.165, 1.54) is 35.5 Å². The van der Waals surface area contributed by atoms with Crippen LogP contribution in [0.2, 0.25) is 0 Å². The van der Waals surface area contributed by atoms with Gasteiger partial charge < -0.3 is 4.90 Å². The number of rotatable bonds is 6. The molecule has 0 atom stereocenters. The topological polar surface area (TPSA) is 29.0 Å². The smallest absolute Gasteiger partial charge is 0.187 e. The predicted molar refractivity (Wildman–Crippen MR) is 123 cm³/mol. The zero-order valence-electron chi connectivity index (χ0n) is 17.5. The molecule has 0 spiro atoms. The van der Waals surface area contributed by atoms with E-state index in [1.54, 1.807) is 18.2 Å². The van der Waals surface area contributed by atoms with Crippen LogP contribution in [0.15, 0.2) is 65.5 Å². The monoisotopic (exact) mass is 437 g/mol. The van der Waals surface area contributed by atoms with Crippen molar-refractivity contribution in [3.63, 3.8) is 0 Å². The molecule has 4 rings (SSSR count). The number of benzene rings is 2. The van der Waals surface area contributed by atoms with E-state index in [0.717, 1.165) is 55.7 Å². The minimum absolute atomic E-state index is 0.167. The van der Waals surface area contributed by atoms with E-state index in [9.17, 15) is 8.78 Å². The highest BCUT2D eigenvalue weighted by molar-refractivity contribution is 7.98. The van der Waals surface area contributed by atoms with Crippen LogP contribution in [0.5, 0.6) is 0 Å². The molecule has 0 amide bonds. The molecule has 1 aromatic heterocycles. The fourth-order valence-electron chi connectivity index (χ4n) is 3.83. The van der Waals surface area contributed by atoms with Crippen molar-refractivity contribution >= 4 is 17.8 Å². The first-order chi connectivity index (χ1) is 15.1. The second kappa shape index (κ2) is 10.2. The zero-order valence-corrected chi connectivity index (χ0v) is 18.3. The van der Waals surface area contributed by atoms with Gasteiger partial charge in [-0.1, -0.05) is 41.6 Å². The van der Waals surface area contributed by atoms with Gasteiger partial charge in [-0.15, -0.1) is 0 Å². The number of thioether (sulfide) groups is 1. The summed E-state index contributed by atoms with van der Waals surface area (Å²) in [4.78, 5) is 11.6. The second-order valence-electron chi connectivity index (χ2n) is 7.65. The van der Waals surface area contributed by atoms with Crippen LogP contribution in [0.1, 0.15) is 24.0 Å². The largest absolute Gasteiger partial charge is 0.302 e. The van der Waals surface area contributed by atoms with Crippen molar-refractivity contribution in [2.24, 2.45) is 0 Å². The lowest BCUT2D eigenvalue weighted by Gasteiger charge is -2.28. The highest BCUT2D eigenvalue weighted by Gasteiger charge is 2.16. The molecular weight excluding hydrogens is 412 g/mol. The molecule has 3 nitrogen and oxygen atoms in total. The van der Waals surface area contributed by atoms with Crippen molar-refractivity contribution in [2.75, 3.05) is 25.9 Å². The summed E-state index contributed by atoms with van der Waals surface area (Å²) in [7, 11) is 0. The standard InChI is InChI=1S/C25H25F2N3S/c1-31-25-28-17-21(24(29-25)19-6-8-22(26)9-7-19)12-15-30-13-10-18(11-14-30)16-20-4-2-3-5-23(20)27/h2-9,16-17H,10-15H2,1H3. The maximum atomic E-state index is 13.9. The quantitative estimate of drug-likeness (QED) is 0.356. The summed E-state index contributed by atoms with van der Waals surface area (Å²) in [6.07, 6.45) is 8.55. The number of hydrogen-bond acceptors (Lipinski definition) is 4. The van der Waals surface area contributed by atoms with Crippen molar-refractivity contribution in [1.82, 2.24) is 14.9 Å². The second-order valence-corrected chi connectivity index (χ2v) is 8.43. The lowest BCUT2D eigenvalue weighted by atomic mass is 10.00. The Morgan fingerprint density at radius 2 is 1.77 bits per heavy atom. The summed E-state index contributed by atoms with van der Waals surface area (Å²) in [5.74, 6) is -0.420. The van der Waals surface area contributed by atoms with Gasteiger partial charge in [-0.25, -0.2) is 18.7 Å². The predicted octanol–water partition coefficient (Wildman–Crippen LogP) is 5.87. The van der Waals surface area contributed by atoms with Gasteiger partial charge in [0.1, 0.15) is 11.6 Å². The Hall–Kier alpha value is -2.57. The van der Waals surface area contributed by atoms with Crippen molar-refractivity contribution in [3.05, 3.63) is 83.1 Å². The van der Waals surface area contributed by atoms with Gasteiger partial charge in [-0.2, -0.15) is 0 Å². The fraction of sp³-hybridized carbons (Fsp3) is 0.280. The molecule has 1 aliphatic heterocycles. The van der Waals surface area contributed by atoms with Crippen molar-refractivity contribution in [2.45, 2.75) is 24.4 Å². The van der Waals surface area contributed by atoms with E-state index in [2.05, 4.69) is 14.9 Å². The van der Waals surface area contributed by atoms with Gasteiger partial charge in [-0.3, -0.25) is 0 Å². The number of piperidine rings is 1. The minimum atomic E-state index is -0.253. The van der Waals surface area contributed by atoms with Crippen molar-refractivity contribution in [1.29, 1.82) is 0 Å². The summed E-state index contributed by atoms with van der Waals surface area (Å²) in [5.41, 5.74) is 4.80. The van der Waals surface area contributed by atoms with Crippen LogP contribution >= 0.6 is 11.8 Å². The zero-order chi connectivity index (χ0) is 21.6. The van der Waals surface area contributed by atoms with E-state index < -0.39 is 0 Å². The van der Waals surface area contributed by atoms with Crippen LogP contribution in [0.4, 0.5) is 8.78 Å². The molecule has 0 unspecified atom stereocenters. The number of likely N-dealkylation sites (tertiary alicyclic amines) is 1.